The first-order chi connectivity index (χ1) is 6.11. The lowest BCUT2D eigenvalue weighted by atomic mass is 10.00. The van der Waals surface area contributed by atoms with Crippen LogP contribution in [0.2, 0.25) is 0 Å². The van der Waals surface area contributed by atoms with E-state index in [1.807, 2.05) is 0 Å². The Labute approximate surface area is 76.5 Å². The minimum Gasteiger partial charge on any atom is -0.480 e. The second-order valence-corrected chi connectivity index (χ2v) is 3.98. The Hall–Kier alpha value is -1.06. The first-order valence-corrected chi connectivity index (χ1v) is 4.60. The highest BCUT2D eigenvalue weighted by Gasteiger charge is 2.47. The first-order valence-electron chi connectivity index (χ1n) is 4.60. The summed E-state index contributed by atoms with van der Waals surface area (Å²) in [5.41, 5.74) is 0. The lowest BCUT2D eigenvalue weighted by Crippen LogP contribution is -2.35. The maximum absolute atomic E-state index is 11.6. The molecule has 2 rings (SSSR count). The first kappa shape index (κ1) is 8.53. The van der Waals surface area contributed by atoms with E-state index in [-0.39, 0.29) is 11.8 Å². The van der Waals surface area contributed by atoms with Crippen LogP contribution in [-0.4, -0.2) is 35.0 Å². The van der Waals surface area contributed by atoms with Gasteiger partial charge >= 0.3 is 5.97 Å². The molecule has 4 nitrogen and oxygen atoms in total. The van der Waals surface area contributed by atoms with Gasteiger partial charge in [0.1, 0.15) is 6.04 Å². The molecular weight excluding hydrogens is 170 g/mol. The van der Waals surface area contributed by atoms with Gasteiger partial charge in [-0.05, 0) is 25.2 Å². The van der Waals surface area contributed by atoms with Crippen molar-refractivity contribution in [2.75, 3.05) is 7.05 Å². The minimum absolute atomic E-state index is 0.00824. The number of rotatable bonds is 2. The lowest BCUT2D eigenvalue weighted by molar-refractivity contribution is -0.145. The predicted octanol–water partition coefficient (Wildman–Crippen LogP) is 0.328. The zero-order valence-electron chi connectivity index (χ0n) is 7.56. The van der Waals surface area contributed by atoms with E-state index >= 15 is 0 Å². The van der Waals surface area contributed by atoms with Crippen LogP contribution in [-0.2, 0) is 9.59 Å². The van der Waals surface area contributed by atoms with E-state index < -0.39 is 12.0 Å². The fraction of sp³-hybridized carbons (Fsp3) is 0.778. The van der Waals surface area contributed by atoms with Gasteiger partial charge in [0.15, 0.2) is 0 Å². The van der Waals surface area contributed by atoms with E-state index in [1.165, 1.54) is 4.90 Å². The van der Waals surface area contributed by atoms with Gasteiger partial charge in [0.05, 0.1) is 0 Å². The molecule has 0 aromatic heterocycles. The number of carboxylic acids is 1. The molecule has 2 atom stereocenters. The van der Waals surface area contributed by atoms with Crippen molar-refractivity contribution in [3.63, 3.8) is 0 Å². The van der Waals surface area contributed by atoms with Crippen LogP contribution in [0.4, 0.5) is 0 Å². The van der Waals surface area contributed by atoms with Crippen LogP contribution >= 0.6 is 0 Å². The number of likely N-dealkylation sites (N-methyl/N-ethyl adjacent to an activating group) is 1. The molecular formula is C9H13NO3. The van der Waals surface area contributed by atoms with Crippen molar-refractivity contribution in [3.05, 3.63) is 0 Å². The molecule has 0 aromatic carbocycles. The third-order valence-corrected chi connectivity index (χ3v) is 3.09. The molecule has 2 aliphatic rings. The van der Waals surface area contributed by atoms with E-state index in [0.29, 0.717) is 12.3 Å². The number of amides is 1. The van der Waals surface area contributed by atoms with Gasteiger partial charge in [-0.15, -0.1) is 0 Å². The number of hydrogen-bond donors (Lipinski definition) is 1. The summed E-state index contributed by atoms with van der Waals surface area (Å²) in [6.45, 7) is 0. The SMILES string of the molecule is CN1C(=O)C(C2CC2)CC1C(=O)O. The van der Waals surface area contributed by atoms with Gasteiger partial charge in [-0.3, -0.25) is 4.79 Å². The average Bonchev–Trinajstić information content (AvgIpc) is 2.83. The summed E-state index contributed by atoms with van der Waals surface area (Å²) in [6, 6.07) is -0.585. The molecule has 0 aromatic rings. The van der Waals surface area contributed by atoms with Crippen molar-refractivity contribution in [3.8, 4) is 0 Å². The fourth-order valence-corrected chi connectivity index (χ4v) is 2.07. The van der Waals surface area contributed by atoms with Gasteiger partial charge in [-0.1, -0.05) is 0 Å². The summed E-state index contributed by atoms with van der Waals surface area (Å²) in [7, 11) is 1.59. The maximum atomic E-state index is 11.6. The molecule has 13 heavy (non-hydrogen) atoms. The number of nitrogens with zero attached hydrogens (tertiary/aromatic N) is 1. The third kappa shape index (κ3) is 1.30. The maximum Gasteiger partial charge on any atom is 0.326 e. The number of carbonyl (C=O) groups is 2. The fourth-order valence-electron chi connectivity index (χ4n) is 2.07. The molecule has 0 spiro atoms. The highest BCUT2D eigenvalue weighted by Crippen LogP contribution is 2.43. The molecule has 2 fully saturated rings. The smallest absolute Gasteiger partial charge is 0.326 e. The molecule has 2 unspecified atom stereocenters. The number of hydrogen-bond acceptors (Lipinski definition) is 2. The largest absolute Gasteiger partial charge is 0.480 e. The van der Waals surface area contributed by atoms with E-state index in [2.05, 4.69) is 0 Å². The van der Waals surface area contributed by atoms with Crippen molar-refractivity contribution >= 4 is 11.9 Å². The molecule has 0 radical (unpaired) electrons. The molecule has 0 bridgehead atoms. The average molecular weight is 183 g/mol. The second-order valence-electron chi connectivity index (χ2n) is 3.98. The summed E-state index contributed by atoms with van der Waals surface area (Å²) in [6.07, 6.45) is 2.70. The summed E-state index contributed by atoms with van der Waals surface area (Å²) in [4.78, 5) is 23.7. The van der Waals surface area contributed by atoms with Crippen molar-refractivity contribution in [1.82, 2.24) is 4.90 Å². The zero-order chi connectivity index (χ0) is 9.59. The quantitative estimate of drug-likeness (QED) is 0.671. The highest BCUT2D eigenvalue weighted by atomic mass is 16.4. The zero-order valence-corrected chi connectivity index (χ0v) is 7.56. The Kier molecular flexibility index (Phi) is 1.78. The standard InChI is InChI=1S/C9H13NO3/c1-10-7(9(12)13)4-6(8(10)11)5-2-3-5/h5-7H,2-4H2,1H3,(H,12,13). The Bertz CT molecular complexity index is 260. The van der Waals surface area contributed by atoms with Crippen LogP contribution < -0.4 is 0 Å². The molecule has 4 heteroatoms. The molecule has 1 aliphatic heterocycles. The van der Waals surface area contributed by atoms with Crippen molar-refractivity contribution in [1.29, 1.82) is 0 Å². The van der Waals surface area contributed by atoms with Crippen LogP contribution in [0.1, 0.15) is 19.3 Å². The normalized spacial score (nSPS) is 33.9. The van der Waals surface area contributed by atoms with Crippen LogP contribution in [0, 0.1) is 11.8 Å². The van der Waals surface area contributed by atoms with Gasteiger partial charge < -0.3 is 10.0 Å². The summed E-state index contributed by atoms with van der Waals surface area (Å²) < 4.78 is 0. The summed E-state index contributed by atoms with van der Waals surface area (Å²) >= 11 is 0. The van der Waals surface area contributed by atoms with E-state index in [4.69, 9.17) is 5.11 Å². The van der Waals surface area contributed by atoms with Crippen LogP contribution in [0.25, 0.3) is 0 Å². The van der Waals surface area contributed by atoms with Gasteiger partial charge in [-0.2, -0.15) is 0 Å². The Morgan fingerprint density at radius 1 is 1.54 bits per heavy atom. The topological polar surface area (TPSA) is 57.6 Å². The van der Waals surface area contributed by atoms with Crippen LogP contribution in [0.5, 0.6) is 0 Å². The van der Waals surface area contributed by atoms with Gasteiger partial charge in [0, 0.05) is 13.0 Å². The van der Waals surface area contributed by atoms with Crippen molar-refractivity contribution in [2.24, 2.45) is 11.8 Å². The Morgan fingerprint density at radius 2 is 2.15 bits per heavy atom. The molecule has 1 aliphatic carbocycles. The molecule has 1 N–H and O–H groups in total. The molecule has 1 amide bonds. The van der Waals surface area contributed by atoms with Crippen molar-refractivity contribution in [2.45, 2.75) is 25.3 Å². The van der Waals surface area contributed by atoms with Gasteiger partial charge in [0.2, 0.25) is 5.91 Å². The van der Waals surface area contributed by atoms with Gasteiger partial charge in [-0.25, -0.2) is 4.79 Å². The number of carbonyl (C=O) groups excluding carboxylic acids is 1. The molecule has 1 heterocycles. The van der Waals surface area contributed by atoms with E-state index in [0.717, 1.165) is 12.8 Å². The van der Waals surface area contributed by atoms with E-state index in [1.54, 1.807) is 7.05 Å². The van der Waals surface area contributed by atoms with E-state index in [9.17, 15) is 9.59 Å². The molecule has 1 saturated carbocycles. The highest BCUT2D eigenvalue weighted by molar-refractivity contribution is 5.89. The summed E-state index contributed by atoms with van der Waals surface area (Å²) in [5, 5.41) is 8.83. The van der Waals surface area contributed by atoms with Gasteiger partial charge in [0.25, 0.3) is 0 Å². The Morgan fingerprint density at radius 3 is 2.54 bits per heavy atom. The lowest BCUT2D eigenvalue weighted by Gasteiger charge is -2.14. The predicted molar refractivity (Wildman–Crippen MR) is 45.0 cm³/mol. The third-order valence-electron chi connectivity index (χ3n) is 3.09. The Balaban J connectivity index is 2.11. The van der Waals surface area contributed by atoms with Crippen molar-refractivity contribution < 1.29 is 14.7 Å². The summed E-state index contributed by atoms with van der Waals surface area (Å²) in [5.74, 6) is -0.390. The second kappa shape index (κ2) is 2.72. The van der Waals surface area contributed by atoms with Crippen LogP contribution in [0.15, 0.2) is 0 Å². The minimum atomic E-state index is -0.876. The monoisotopic (exact) mass is 183 g/mol. The molecule has 1 saturated heterocycles. The number of aliphatic carboxylic acids is 1. The number of likely N-dealkylation sites (tertiary alicyclic amines) is 1. The number of carboxylic acid groups (broad SMARTS) is 1. The molecule has 72 valence electrons. The van der Waals surface area contributed by atoms with Crippen LogP contribution in [0.3, 0.4) is 0 Å².